The van der Waals surface area contributed by atoms with Gasteiger partial charge >= 0.3 is 0 Å². The Labute approximate surface area is 118 Å². The van der Waals surface area contributed by atoms with Crippen LogP contribution >= 0.6 is 0 Å². The molecule has 2 N–H and O–H groups in total. The van der Waals surface area contributed by atoms with E-state index >= 15 is 0 Å². The van der Waals surface area contributed by atoms with Crippen LogP contribution < -0.4 is 10.6 Å². The van der Waals surface area contributed by atoms with Crippen molar-refractivity contribution in [1.29, 1.82) is 0 Å². The largest absolute Gasteiger partial charge is 0.352 e. The van der Waals surface area contributed by atoms with Crippen LogP contribution in [0.2, 0.25) is 0 Å². The molecule has 1 aliphatic carbocycles. The maximum atomic E-state index is 11.7. The SMILES string of the molecule is CCC1CCC(CNCC(=O)NC(CC)CC)CC1. The third-order valence-corrected chi connectivity index (χ3v) is 4.61. The molecule has 0 radical (unpaired) electrons. The van der Waals surface area contributed by atoms with Crippen LogP contribution in [0.15, 0.2) is 0 Å². The number of hydrogen-bond acceptors (Lipinski definition) is 2. The van der Waals surface area contributed by atoms with Crippen molar-refractivity contribution in [2.24, 2.45) is 11.8 Å². The molecule has 0 aromatic rings. The molecule has 0 aromatic heterocycles. The van der Waals surface area contributed by atoms with E-state index in [0.29, 0.717) is 12.6 Å². The summed E-state index contributed by atoms with van der Waals surface area (Å²) in [6.07, 6.45) is 8.79. The molecule has 0 aliphatic heterocycles. The highest BCUT2D eigenvalue weighted by molar-refractivity contribution is 5.78. The van der Waals surface area contributed by atoms with Crippen molar-refractivity contribution < 1.29 is 4.79 Å². The molecule has 0 bridgehead atoms. The molecule has 0 heterocycles. The van der Waals surface area contributed by atoms with Gasteiger partial charge in [-0.15, -0.1) is 0 Å². The van der Waals surface area contributed by atoms with Crippen molar-refractivity contribution in [2.45, 2.75) is 71.8 Å². The Morgan fingerprint density at radius 2 is 1.63 bits per heavy atom. The summed E-state index contributed by atoms with van der Waals surface area (Å²) in [6.45, 7) is 8.02. The summed E-state index contributed by atoms with van der Waals surface area (Å²) >= 11 is 0. The van der Waals surface area contributed by atoms with Crippen LogP contribution in [0, 0.1) is 11.8 Å². The first-order valence-corrected chi connectivity index (χ1v) is 8.19. The van der Waals surface area contributed by atoms with Gasteiger partial charge in [0.25, 0.3) is 0 Å². The van der Waals surface area contributed by atoms with Crippen LogP contribution in [-0.4, -0.2) is 25.0 Å². The Kier molecular flexibility index (Phi) is 8.11. The topological polar surface area (TPSA) is 41.1 Å². The van der Waals surface area contributed by atoms with E-state index in [-0.39, 0.29) is 5.91 Å². The Bertz CT molecular complexity index is 243. The fourth-order valence-corrected chi connectivity index (χ4v) is 3.01. The van der Waals surface area contributed by atoms with Crippen LogP contribution in [0.3, 0.4) is 0 Å². The first-order valence-electron chi connectivity index (χ1n) is 8.19. The van der Waals surface area contributed by atoms with Crippen LogP contribution in [0.25, 0.3) is 0 Å². The Hall–Kier alpha value is -0.570. The van der Waals surface area contributed by atoms with Crippen LogP contribution in [0.5, 0.6) is 0 Å². The molecule has 3 heteroatoms. The zero-order chi connectivity index (χ0) is 14.1. The Morgan fingerprint density at radius 1 is 1.05 bits per heavy atom. The lowest BCUT2D eigenvalue weighted by Crippen LogP contribution is -2.41. The summed E-state index contributed by atoms with van der Waals surface area (Å²) in [6, 6.07) is 0.342. The summed E-state index contributed by atoms with van der Waals surface area (Å²) < 4.78 is 0. The normalized spacial score (nSPS) is 23.6. The second kappa shape index (κ2) is 9.35. The van der Waals surface area contributed by atoms with Gasteiger partial charge in [0.05, 0.1) is 6.54 Å². The van der Waals surface area contributed by atoms with E-state index in [1.54, 1.807) is 0 Å². The number of rotatable bonds is 8. The number of carbonyl (C=O) groups is 1. The minimum atomic E-state index is 0.149. The predicted octanol–water partition coefficient (Wildman–Crippen LogP) is 3.10. The van der Waals surface area contributed by atoms with Crippen LogP contribution in [0.1, 0.15) is 65.7 Å². The van der Waals surface area contributed by atoms with E-state index in [4.69, 9.17) is 0 Å². The molecular weight excluding hydrogens is 236 g/mol. The third kappa shape index (κ3) is 6.42. The minimum Gasteiger partial charge on any atom is -0.352 e. The maximum absolute atomic E-state index is 11.7. The highest BCUT2D eigenvalue weighted by Gasteiger charge is 2.19. The van der Waals surface area contributed by atoms with Crippen molar-refractivity contribution in [3.63, 3.8) is 0 Å². The predicted molar refractivity (Wildman–Crippen MR) is 81.1 cm³/mol. The third-order valence-electron chi connectivity index (χ3n) is 4.61. The second-order valence-corrected chi connectivity index (χ2v) is 6.01. The minimum absolute atomic E-state index is 0.149. The number of carbonyl (C=O) groups excluding carboxylic acids is 1. The summed E-state index contributed by atoms with van der Waals surface area (Å²) in [5.41, 5.74) is 0. The van der Waals surface area contributed by atoms with Gasteiger partial charge in [0, 0.05) is 6.04 Å². The monoisotopic (exact) mass is 268 g/mol. The van der Waals surface area contributed by atoms with Gasteiger partial charge in [0.2, 0.25) is 5.91 Å². The molecular formula is C16H32N2O. The van der Waals surface area contributed by atoms with Gasteiger partial charge in [-0.05, 0) is 44.1 Å². The molecule has 0 spiro atoms. The van der Waals surface area contributed by atoms with E-state index < -0.39 is 0 Å². The molecule has 1 amide bonds. The number of hydrogen-bond donors (Lipinski definition) is 2. The van der Waals surface area contributed by atoms with Gasteiger partial charge < -0.3 is 10.6 Å². The fourth-order valence-electron chi connectivity index (χ4n) is 3.01. The lowest BCUT2D eigenvalue weighted by molar-refractivity contribution is -0.121. The van der Waals surface area contributed by atoms with E-state index in [9.17, 15) is 4.79 Å². The summed E-state index contributed by atoms with van der Waals surface area (Å²) in [7, 11) is 0. The zero-order valence-electron chi connectivity index (χ0n) is 13.0. The smallest absolute Gasteiger partial charge is 0.234 e. The molecule has 0 atom stereocenters. The average Bonchev–Trinajstić information content (AvgIpc) is 2.45. The zero-order valence-corrected chi connectivity index (χ0v) is 13.0. The molecule has 0 aromatic carbocycles. The first kappa shape index (κ1) is 16.5. The molecule has 1 fully saturated rings. The molecule has 1 saturated carbocycles. The highest BCUT2D eigenvalue weighted by atomic mass is 16.1. The van der Waals surface area contributed by atoms with Gasteiger partial charge in [-0.2, -0.15) is 0 Å². The first-order chi connectivity index (χ1) is 9.19. The molecule has 0 unspecified atom stereocenters. The molecule has 0 saturated heterocycles. The molecule has 1 aliphatic rings. The van der Waals surface area contributed by atoms with Gasteiger partial charge in [0.1, 0.15) is 0 Å². The molecule has 3 nitrogen and oxygen atoms in total. The van der Waals surface area contributed by atoms with Gasteiger partial charge in [-0.3, -0.25) is 4.79 Å². The highest BCUT2D eigenvalue weighted by Crippen LogP contribution is 2.29. The maximum Gasteiger partial charge on any atom is 0.234 e. The fraction of sp³-hybridized carbons (Fsp3) is 0.938. The lowest BCUT2D eigenvalue weighted by atomic mass is 9.81. The molecule has 19 heavy (non-hydrogen) atoms. The van der Waals surface area contributed by atoms with E-state index in [1.165, 1.54) is 32.1 Å². The van der Waals surface area contributed by atoms with Crippen molar-refractivity contribution in [2.75, 3.05) is 13.1 Å². The van der Waals surface area contributed by atoms with Crippen molar-refractivity contribution in [1.82, 2.24) is 10.6 Å². The Morgan fingerprint density at radius 3 is 2.16 bits per heavy atom. The van der Waals surface area contributed by atoms with E-state index in [1.807, 2.05) is 0 Å². The standard InChI is InChI=1S/C16H32N2O/c1-4-13-7-9-14(10-8-13)11-17-12-16(19)18-15(5-2)6-3/h13-15,17H,4-12H2,1-3H3,(H,18,19). The molecule has 112 valence electrons. The lowest BCUT2D eigenvalue weighted by Gasteiger charge is -2.27. The average molecular weight is 268 g/mol. The Balaban J connectivity index is 2.08. The van der Waals surface area contributed by atoms with Gasteiger partial charge in [-0.25, -0.2) is 0 Å². The van der Waals surface area contributed by atoms with Gasteiger partial charge in [-0.1, -0.05) is 40.0 Å². The van der Waals surface area contributed by atoms with Crippen LogP contribution in [-0.2, 0) is 4.79 Å². The van der Waals surface area contributed by atoms with Crippen molar-refractivity contribution in [3.05, 3.63) is 0 Å². The summed E-state index contributed by atoms with van der Waals surface area (Å²) in [4.78, 5) is 11.7. The number of nitrogens with one attached hydrogen (secondary N) is 2. The molecule has 1 rings (SSSR count). The van der Waals surface area contributed by atoms with Crippen LogP contribution in [0.4, 0.5) is 0 Å². The van der Waals surface area contributed by atoms with Crippen molar-refractivity contribution in [3.8, 4) is 0 Å². The van der Waals surface area contributed by atoms with E-state index in [0.717, 1.165) is 31.2 Å². The van der Waals surface area contributed by atoms with Gasteiger partial charge in [0.15, 0.2) is 0 Å². The summed E-state index contributed by atoms with van der Waals surface area (Å²) in [5.74, 6) is 1.88. The summed E-state index contributed by atoms with van der Waals surface area (Å²) in [5, 5.41) is 6.40. The second-order valence-electron chi connectivity index (χ2n) is 6.01. The van der Waals surface area contributed by atoms with Crippen molar-refractivity contribution >= 4 is 5.91 Å². The number of amides is 1. The van der Waals surface area contributed by atoms with E-state index in [2.05, 4.69) is 31.4 Å². The quantitative estimate of drug-likeness (QED) is 0.710.